The third kappa shape index (κ3) is 5.36. The Morgan fingerprint density at radius 1 is 1.26 bits per heavy atom. The minimum atomic E-state index is -1.11. The molecule has 1 rings (SSSR count). The summed E-state index contributed by atoms with van der Waals surface area (Å²) in [6.07, 6.45) is 1.01. The summed E-state index contributed by atoms with van der Waals surface area (Å²) in [6.45, 7) is 2.35. The molecule has 4 nitrogen and oxygen atoms in total. The Labute approximate surface area is 113 Å². The molecular formula is C14H21FN2O2. The molecule has 0 aromatic heterocycles. The van der Waals surface area contributed by atoms with Crippen LogP contribution in [0.4, 0.5) is 4.39 Å². The van der Waals surface area contributed by atoms with Crippen LogP contribution in [-0.4, -0.2) is 55.1 Å². The van der Waals surface area contributed by atoms with Crippen molar-refractivity contribution in [3.05, 3.63) is 35.1 Å². The Kier molecular flexibility index (Phi) is 5.92. The van der Waals surface area contributed by atoms with Gasteiger partial charge in [0.05, 0.1) is 5.56 Å². The second-order valence-corrected chi connectivity index (χ2v) is 5.01. The van der Waals surface area contributed by atoms with E-state index in [0.717, 1.165) is 25.6 Å². The van der Waals surface area contributed by atoms with E-state index in [9.17, 15) is 9.18 Å². The molecule has 1 N–H and O–H groups in total. The van der Waals surface area contributed by atoms with Gasteiger partial charge in [-0.25, -0.2) is 9.18 Å². The van der Waals surface area contributed by atoms with Crippen molar-refractivity contribution in [1.82, 2.24) is 9.80 Å². The van der Waals surface area contributed by atoms with Crippen molar-refractivity contribution in [1.29, 1.82) is 0 Å². The number of carbonyl (C=O) groups is 1. The van der Waals surface area contributed by atoms with Gasteiger partial charge in [0.1, 0.15) is 5.82 Å². The standard InChI is InChI=1S/C14H21FN2O2/c1-16(2)7-4-8-17(3)10-12-6-5-11(14(18)19)9-13(12)15/h5-6,9H,4,7-8,10H2,1-3H3,(H,18,19). The van der Waals surface area contributed by atoms with E-state index >= 15 is 0 Å². The average Bonchev–Trinajstić information content (AvgIpc) is 2.31. The molecule has 1 aromatic rings. The first-order valence-electron chi connectivity index (χ1n) is 6.25. The van der Waals surface area contributed by atoms with E-state index in [-0.39, 0.29) is 5.56 Å². The van der Waals surface area contributed by atoms with Crippen LogP contribution < -0.4 is 0 Å². The topological polar surface area (TPSA) is 43.8 Å². The third-order valence-corrected chi connectivity index (χ3v) is 2.89. The van der Waals surface area contributed by atoms with Gasteiger partial charge in [0.2, 0.25) is 0 Å². The van der Waals surface area contributed by atoms with Crippen molar-refractivity contribution < 1.29 is 14.3 Å². The van der Waals surface area contributed by atoms with Gasteiger partial charge in [0, 0.05) is 12.1 Å². The first-order valence-corrected chi connectivity index (χ1v) is 6.25. The highest BCUT2D eigenvalue weighted by atomic mass is 19.1. The second kappa shape index (κ2) is 7.21. The molecule has 0 atom stereocenters. The number of rotatable bonds is 7. The van der Waals surface area contributed by atoms with Gasteiger partial charge in [-0.2, -0.15) is 0 Å². The van der Waals surface area contributed by atoms with E-state index < -0.39 is 11.8 Å². The summed E-state index contributed by atoms with van der Waals surface area (Å²) in [6, 6.07) is 4.06. The normalized spacial score (nSPS) is 11.3. The van der Waals surface area contributed by atoms with Crippen LogP contribution in [0.5, 0.6) is 0 Å². The highest BCUT2D eigenvalue weighted by Crippen LogP contribution is 2.12. The molecule has 0 spiro atoms. The van der Waals surface area contributed by atoms with Crippen molar-refractivity contribution >= 4 is 5.97 Å². The van der Waals surface area contributed by atoms with Crippen molar-refractivity contribution in [2.24, 2.45) is 0 Å². The third-order valence-electron chi connectivity index (χ3n) is 2.89. The molecule has 0 aliphatic heterocycles. The van der Waals surface area contributed by atoms with E-state index in [1.165, 1.54) is 6.07 Å². The molecule has 5 heteroatoms. The number of aromatic carboxylic acids is 1. The Morgan fingerprint density at radius 3 is 2.47 bits per heavy atom. The summed E-state index contributed by atoms with van der Waals surface area (Å²) in [4.78, 5) is 14.8. The molecule has 0 unspecified atom stereocenters. The first-order chi connectivity index (χ1) is 8.90. The molecule has 0 radical (unpaired) electrons. The van der Waals surface area contributed by atoms with Crippen LogP contribution in [0, 0.1) is 5.82 Å². The fourth-order valence-electron chi connectivity index (χ4n) is 1.84. The Bertz CT molecular complexity index is 435. The second-order valence-electron chi connectivity index (χ2n) is 5.01. The van der Waals surface area contributed by atoms with E-state index in [2.05, 4.69) is 4.90 Å². The summed E-state index contributed by atoms with van der Waals surface area (Å²) in [5.41, 5.74) is 0.508. The minimum absolute atomic E-state index is 0.0171. The molecule has 19 heavy (non-hydrogen) atoms. The molecule has 0 bridgehead atoms. The lowest BCUT2D eigenvalue weighted by molar-refractivity contribution is 0.0696. The van der Waals surface area contributed by atoms with Gasteiger partial charge in [-0.15, -0.1) is 0 Å². The number of hydrogen-bond donors (Lipinski definition) is 1. The maximum atomic E-state index is 13.7. The molecule has 0 heterocycles. The number of nitrogens with zero attached hydrogens (tertiary/aromatic N) is 2. The van der Waals surface area contributed by atoms with Crippen molar-refractivity contribution in [2.45, 2.75) is 13.0 Å². The zero-order valence-corrected chi connectivity index (χ0v) is 11.7. The average molecular weight is 268 g/mol. The van der Waals surface area contributed by atoms with E-state index in [0.29, 0.717) is 12.1 Å². The minimum Gasteiger partial charge on any atom is -0.478 e. The fourth-order valence-corrected chi connectivity index (χ4v) is 1.84. The van der Waals surface area contributed by atoms with Crippen LogP contribution in [0.2, 0.25) is 0 Å². The molecule has 0 aliphatic carbocycles. The maximum absolute atomic E-state index is 13.7. The first kappa shape index (κ1) is 15.6. The van der Waals surface area contributed by atoms with Gasteiger partial charge >= 0.3 is 5.97 Å². The van der Waals surface area contributed by atoms with E-state index in [4.69, 9.17) is 5.11 Å². The van der Waals surface area contributed by atoms with Crippen LogP contribution in [0.3, 0.4) is 0 Å². The Balaban J connectivity index is 2.54. The molecule has 0 saturated carbocycles. The number of benzene rings is 1. The van der Waals surface area contributed by atoms with Crippen LogP contribution in [0.15, 0.2) is 18.2 Å². The summed E-state index contributed by atoms with van der Waals surface area (Å²) in [5.74, 6) is -1.57. The molecule has 0 aliphatic rings. The van der Waals surface area contributed by atoms with Gasteiger partial charge in [0.15, 0.2) is 0 Å². The molecule has 1 aromatic carbocycles. The summed E-state index contributed by atoms with van der Waals surface area (Å²) in [5, 5.41) is 8.77. The largest absolute Gasteiger partial charge is 0.478 e. The van der Waals surface area contributed by atoms with Gasteiger partial charge in [-0.1, -0.05) is 6.07 Å². The summed E-state index contributed by atoms with van der Waals surface area (Å²) in [7, 11) is 5.97. The van der Waals surface area contributed by atoms with Gasteiger partial charge in [0.25, 0.3) is 0 Å². The van der Waals surface area contributed by atoms with Crippen LogP contribution >= 0.6 is 0 Å². The van der Waals surface area contributed by atoms with Crippen molar-refractivity contribution in [3.63, 3.8) is 0 Å². The van der Waals surface area contributed by atoms with Crippen LogP contribution in [-0.2, 0) is 6.54 Å². The van der Waals surface area contributed by atoms with Crippen molar-refractivity contribution in [3.8, 4) is 0 Å². The zero-order valence-electron chi connectivity index (χ0n) is 11.7. The summed E-state index contributed by atoms with van der Waals surface area (Å²) >= 11 is 0. The fraction of sp³-hybridized carbons (Fsp3) is 0.500. The lowest BCUT2D eigenvalue weighted by atomic mass is 10.1. The molecule has 0 saturated heterocycles. The van der Waals surface area contributed by atoms with E-state index in [1.54, 1.807) is 6.07 Å². The molecule has 106 valence electrons. The quantitative estimate of drug-likeness (QED) is 0.820. The number of hydrogen-bond acceptors (Lipinski definition) is 3. The predicted molar refractivity (Wildman–Crippen MR) is 72.9 cm³/mol. The highest BCUT2D eigenvalue weighted by Gasteiger charge is 2.10. The highest BCUT2D eigenvalue weighted by molar-refractivity contribution is 5.87. The zero-order chi connectivity index (χ0) is 14.4. The SMILES string of the molecule is CN(C)CCCN(C)Cc1ccc(C(=O)O)cc1F. The molecule has 0 amide bonds. The lowest BCUT2D eigenvalue weighted by Gasteiger charge is -2.18. The molecule has 0 fully saturated rings. The lowest BCUT2D eigenvalue weighted by Crippen LogP contribution is -2.23. The van der Waals surface area contributed by atoms with Gasteiger partial charge in [-0.3, -0.25) is 0 Å². The maximum Gasteiger partial charge on any atom is 0.335 e. The van der Waals surface area contributed by atoms with Gasteiger partial charge < -0.3 is 14.9 Å². The van der Waals surface area contributed by atoms with Crippen molar-refractivity contribution in [2.75, 3.05) is 34.2 Å². The molecular weight excluding hydrogens is 247 g/mol. The van der Waals surface area contributed by atoms with Gasteiger partial charge in [-0.05, 0) is 52.8 Å². The number of carboxylic acid groups (broad SMARTS) is 1. The Morgan fingerprint density at radius 2 is 1.95 bits per heavy atom. The predicted octanol–water partition coefficient (Wildman–Crippen LogP) is 1.91. The van der Waals surface area contributed by atoms with Crippen LogP contribution in [0.1, 0.15) is 22.3 Å². The monoisotopic (exact) mass is 268 g/mol. The smallest absolute Gasteiger partial charge is 0.335 e. The van der Waals surface area contributed by atoms with E-state index in [1.807, 2.05) is 26.0 Å². The Hall–Kier alpha value is -1.46. The number of halogens is 1. The summed E-state index contributed by atoms with van der Waals surface area (Å²) < 4.78 is 13.7. The van der Waals surface area contributed by atoms with Crippen LogP contribution in [0.25, 0.3) is 0 Å². The number of carboxylic acids is 1.